The number of rotatable bonds is 7. The van der Waals surface area contributed by atoms with Crippen LogP contribution in [0.1, 0.15) is 52.9 Å². The average Bonchev–Trinajstić information content (AvgIpc) is 3.35. The summed E-state index contributed by atoms with van der Waals surface area (Å²) in [6, 6.07) is 9.27. The molecular weight excluding hydrogens is 444 g/mol. The van der Waals surface area contributed by atoms with E-state index < -0.39 is 5.97 Å². The predicted octanol–water partition coefficient (Wildman–Crippen LogP) is 3.44. The zero-order valence-electron chi connectivity index (χ0n) is 21.4. The summed E-state index contributed by atoms with van der Waals surface area (Å²) in [5.41, 5.74) is 5.53. The molecule has 0 amide bonds. The highest BCUT2D eigenvalue weighted by molar-refractivity contribution is 5.92. The van der Waals surface area contributed by atoms with Gasteiger partial charge in [-0.2, -0.15) is 10.2 Å². The first-order valence-corrected chi connectivity index (χ1v) is 11.7. The van der Waals surface area contributed by atoms with Crippen LogP contribution in [0, 0.1) is 13.8 Å². The van der Waals surface area contributed by atoms with Gasteiger partial charge in [-0.3, -0.25) is 14.4 Å². The fourth-order valence-electron chi connectivity index (χ4n) is 4.67. The number of ether oxygens (including phenoxy) is 1. The molecule has 0 bridgehead atoms. The Bertz CT molecular complexity index is 1460. The molecular formula is C26H32N6O3. The number of para-hydroxylation sites is 1. The number of esters is 1. The minimum absolute atomic E-state index is 0.0301. The Morgan fingerprint density at radius 3 is 2.57 bits per heavy atom. The van der Waals surface area contributed by atoms with E-state index in [9.17, 15) is 9.59 Å². The van der Waals surface area contributed by atoms with Crippen molar-refractivity contribution in [2.24, 2.45) is 14.1 Å². The van der Waals surface area contributed by atoms with Crippen LogP contribution < -0.4 is 5.56 Å². The lowest BCUT2D eigenvalue weighted by atomic mass is 10.0. The van der Waals surface area contributed by atoms with Gasteiger partial charge in [0.05, 0.1) is 35.4 Å². The largest absolute Gasteiger partial charge is 0.462 e. The van der Waals surface area contributed by atoms with Gasteiger partial charge < -0.3 is 9.30 Å². The molecule has 0 spiro atoms. The van der Waals surface area contributed by atoms with Crippen molar-refractivity contribution in [2.45, 2.75) is 40.3 Å². The third-order valence-electron chi connectivity index (χ3n) is 6.77. The molecule has 0 fully saturated rings. The summed E-state index contributed by atoms with van der Waals surface area (Å²) in [7, 11) is 5.69. The van der Waals surface area contributed by atoms with Crippen molar-refractivity contribution in [1.82, 2.24) is 29.0 Å². The van der Waals surface area contributed by atoms with Crippen LogP contribution in [0.3, 0.4) is 0 Å². The lowest BCUT2D eigenvalue weighted by Crippen LogP contribution is -2.26. The molecule has 35 heavy (non-hydrogen) atoms. The second-order valence-corrected chi connectivity index (χ2v) is 8.88. The van der Waals surface area contributed by atoms with Crippen molar-refractivity contribution < 1.29 is 9.53 Å². The number of aryl methyl sites for hydroxylation is 3. The fourth-order valence-corrected chi connectivity index (χ4v) is 4.67. The fraction of sp³-hybridized carbons (Fsp3) is 0.385. The Morgan fingerprint density at radius 2 is 1.91 bits per heavy atom. The first-order valence-electron chi connectivity index (χ1n) is 11.7. The van der Waals surface area contributed by atoms with Gasteiger partial charge in [0.25, 0.3) is 5.56 Å². The van der Waals surface area contributed by atoms with E-state index in [1.54, 1.807) is 29.3 Å². The normalized spacial score (nSPS) is 12.5. The molecule has 3 heterocycles. The molecule has 1 unspecified atom stereocenters. The number of pyridine rings is 1. The van der Waals surface area contributed by atoms with E-state index in [4.69, 9.17) is 4.74 Å². The number of aromatic nitrogens is 5. The van der Waals surface area contributed by atoms with Crippen LogP contribution in [0.4, 0.5) is 0 Å². The maximum absolute atomic E-state index is 12.9. The van der Waals surface area contributed by atoms with E-state index in [-0.39, 0.29) is 18.2 Å². The van der Waals surface area contributed by atoms with Gasteiger partial charge in [-0.15, -0.1) is 0 Å². The van der Waals surface area contributed by atoms with Gasteiger partial charge in [0.15, 0.2) is 0 Å². The highest BCUT2D eigenvalue weighted by atomic mass is 16.5. The SMILES string of the molecule is CCOC(=O)c1cnn(-c2cc(=O)n(C)c3ccccc23)c1CN(C)C(C)c1c(C)nn(C)c1C. The first kappa shape index (κ1) is 24.4. The van der Waals surface area contributed by atoms with E-state index in [1.807, 2.05) is 50.0 Å². The van der Waals surface area contributed by atoms with Crippen molar-refractivity contribution in [3.05, 3.63) is 75.1 Å². The molecule has 0 radical (unpaired) electrons. The number of carbonyl (C=O) groups excluding carboxylic acids is 1. The van der Waals surface area contributed by atoms with E-state index in [1.165, 1.54) is 6.20 Å². The smallest absolute Gasteiger partial charge is 0.341 e. The summed E-state index contributed by atoms with van der Waals surface area (Å²) in [6.45, 7) is 8.63. The molecule has 9 heteroatoms. The van der Waals surface area contributed by atoms with E-state index >= 15 is 0 Å². The summed E-state index contributed by atoms with van der Waals surface area (Å²) in [4.78, 5) is 27.8. The highest BCUT2D eigenvalue weighted by Crippen LogP contribution is 2.29. The molecule has 1 aromatic carbocycles. The van der Waals surface area contributed by atoms with Gasteiger partial charge >= 0.3 is 5.97 Å². The molecule has 0 saturated carbocycles. The Labute approximate surface area is 204 Å². The molecule has 0 N–H and O–H groups in total. The number of nitrogens with zero attached hydrogens (tertiary/aromatic N) is 6. The van der Waals surface area contributed by atoms with Gasteiger partial charge in [0.1, 0.15) is 5.56 Å². The van der Waals surface area contributed by atoms with Gasteiger partial charge in [0, 0.05) is 49.4 Å². The third-order valence-corrected chi connectivity index (χ3v) is 6.77. The summed E-state index contributed by atoms with van der Waals surface area (Å²) in [6.07, 6.45) is 1.53. The number of hydrogen-bond acceptors (Lipinski definition) is 6. The molecule has 3 aromatic heterocycles. The van der Waals surface area contributed by atoms with Crippen LogP contribution in [-0.2, 0) is 25.4 Å². The summed E-state index contributed by atoms with van der Waals surface area (Å²) >= 11 is 0. The summed E-state index contributed by atoms with van der Waals surface area (Å²) < 4.78 is 10.5. The third kappa shape index (κ3) is 4.27. The van der Waals surface area contributed by atoms with Crippen LogP contribution in [0.2, 0.25) is 0 Å². The van der Waals surface area contributed by atoms with Gasteiger partial charge in [0.2, 0.25) is 0 Å². The second-order valence-electron chi connectivity index (χ2n) is 8.88. The molecule has 1 atom stereocenters. The number of benzene rings is 1. The van der Waals surface area contributed by atoms with E-state index in [0.717, 1.165) is 27.9 Å². The molecule has 4 aromatic rings. The van der Waals surface area contributed by atoms with E-state index in [0.29, 0.717) is 23.5 Å². The Kier molecular flexibility index (Phi) is 6.62. The number of carbonyl (C=O) groups is 1. The topological polar surface area (TPSA) is 87.2 Å². The van der Waals surface area contributed by atoms with Gasteiger partial charge in [-0.25, -0.2) is 9.48 Å². The monoisotopic (exact) mass is 476 g/mol. The van der Waals surface area contributed by atoms with Crippen LogP contribution in [-0.4, -0.2) is 48.7 Å². The van der Waals surface area contributed by atoms with Crippen molar-refractivity contribution in [2.75, 3.05) is 13.7 Å². The van der Waals surface area contributed by atoms with Crippen LogP contribution >= 0.6 is 0 Å². The van der Waals surface area contributed by atoms with Crippen molar-refractivity contribution >= 4 is 16.9 Å². The minimum Gasteiger partial charge on any atom is -0.462 e. The first-order chi connectivity index (χ1) is 16.6. The average molecular weight is 477 g/mol. The van der Waals surface area contributed by atoms with Crippen molar-refractivity contribution in [3.63, 3.8) is 0 Å². The van der Waals surface area contributed by atoms with Gasteiger partial charge in [-0.05, 0) is 40.8 Å². The Hall–Kier alpha value is -3.72. The second kappa shape index (κ2) is 9.50. The summed E-state index contributed by atoms with van der Waals surface area (Å²) in [5, 5.41) is 9.98. The molecule has 0 aliphatic carbocycles. The zero-order valence-corrected chi connectivity index (χ0v) is 21.4. The maximum atomic E-state index is 12.9. The van der Waals surface area contributed by atoms with Crippen molar-refractivity contribution in [1.29, 1.82) is 0 Å². The molecule has 0 aliphatic heterocycles. The maximum Gasteiger partial charge on any atom is 0.341 e. The highest BCUT2D eigenvalue weighted by Gasteiger charge is 2.26. The van der Waals surface area contributed by atoms with Crippen LogP contribution in [0.25, 0.3) is 16.6 Å². The standard InChI is InChI=1S/C26H32N6O3/c1-8-35-26(34)20-14-27-32(22-13-24(33)30(6)21-12-10-9-11-19(21)22)23(20)15-29(5)17(3)25-16(2)28-31(7)18(25)4/h9-14,17H,8,15H2,1-7H3. The van der Waals surface area contributed by atoms with Crippen LogP contribution in [0.15, 0.2) is 41.3 Å². The molecule has 9 nitrogen and oxygen atoms in total. The minimum atomic E-state index is -0.434. The number of fused-ring (bicyclic) bond motifs is 1. The quantitative estimate of drug-likeness (QED) is 0.380. The summed E-state index contributed by atoms with van der Waals surface area (Å²) in [5.74, 6) is -0.434. The van der Waals surface area contributed by atoms with Gasteiger partial charge in [-0.1, -0.05) is 18.2 Å². The Morgan fingerprint density at radius 1 is 1.20 bits per heavy atom. The lowest BCUT2D eigenvalue weighted by molar-refractivity contribution is 0.0523. The predicted molar refractivity (Wildman–Crippen MR) is 135 cm³/mol. The van der Waals surface area contributed by atoms with E-state index in [2.05, 4.69) is 28.9 Å². The molecule has 184 valence electrons. The number of hydrogen-bond donors (Lipinski definition) is 0. The molecule has 0 saturated heterocycles. The van der Waals surface area contributed by atoms with Crippen molar-refractivity contribution in [3.8, 4) is 5.69 Å². The zero-order chi connectivity index (χ0) is 25.4. The Balaban J connectivity index is 1.85. The molecule has 0 aliphatic rings. The molecule has 4 rings (SSSR count). The lowest BCUT2D eigenvalue weighted by Gasteiger charge is -2.26. The van der Waals surface area contributed by atoms with Crippen LogP contribution in [0.5, 0.6) is 0 Å².